The Balaban J connectivity index is 1.40. The summed E-state index contributed by atoms with van der Waals surface area (Å²) in [5.74, 6) is -0.202. The van der Waals surface area contributed by atoms with Gasteiger partial charge in [0.15, 0.2) is 0 Å². The van der Waals surface area contributed by atoms with Crippen molar-refractivity contribution < 1.29 is 19.7 Å². The number of halogens is 2. The molecule has 3 rings (SSSR count). The van der Waals surface area contributed by atoms with Gasteiger partial charge in [-0.15, -0.1) is 0 Å². The topological polar surface area (TPSA) is 94.1 Å². The zero-order chi connectivity index (χ0) is 23.1. The Morgan fingerprint density at radius 3 is 2.56 bits per heavy atom. The van der Waals surface area contributed by atoms with Crippen molar-refractivity contribution in [2.45, 2.75) is 38.5 Å². The summed E-state index contributed by atoms with van der Waals surface area (Å²) in [6, 6.07) is 11.0. The van der Waals surface area contributed by atoms with Crippen LogP contribution < -0.4 is 15.4 Å². The number of aromatic hydroxyl groups is 1. The van der Waals surface area contributed by atoms with Crippen LogP contribution in [0.1, 0.15) is 25.3 Å². The third-order valence-corrected chi connectivity index (χ3v) is 5.89. The quantitative estimate of drug-likeness (QED) is 0.408. The summed E-state index contributed by atoms with van der Waals surface area (Å²) in [6.45, 7) is 4.63. The number of phenols is 1. The molecule has 2 aromatic carbocycles. The van der Waals surface area contributed by atoms with E-state index in [2.05, 4.69) is 27.7 Å². The highest BCUT2D eigenvalue weighted by molar-refractivity contribution is 6.32. The number of phenolic OH excluding ortho intramolecular Hbond substituents is 1. The number of hydrogen-bond donors (Lipinski definition) is 4. The minimum Gasteiger partial charge on any atom is -0.506 e. The van der Waals surface area contributed by atoms with Crippen molar-refractivity contribution in [3.05, 3.63) is 52.0 Å². The van der Waals surface area contributed by atoms with Crippen LogP contribution in [0.4, 0.5) is 5.69 Å². The second-order valence-electron chi connectivity index (χ2n) is 8.03. The molecule has 7 nitrogen and oxygen atoms in total. The number of likely N-dealkylation sites (tertiary alicyclic amines) is 1. The molecule has 1 fully saturated rings. The van der Waals surface area contributed by atoms with E-state index in [1.54, 1.807) is 0 Å². The Morgan fingerprint density at radius 2 is 1.91 bits per heavy atom. The van der Waals surface area contributed by atoms with Crippen LogP contribution in [0.2, 0.25) is 10.0 Å². The van der Waals surface area contributed by atoms with Gasteiger partial charge in [0, 0.05) is 37.1 Å². The molecule has 1 aliphatic rings. The monoisotopic (exact) mass is 481 g/mol. The predicted molar refractivity (Wildman–Crippen MR) is 127 cm³/mol. The minimum atomic E-state index is -0.745. The van der Waals surface area contributed by atoms with Crippen LogP contribution in [-0.2, 0) is 11.3 Å². The van der Waals surface area contributed by atoms with E-state index < -0.39 is 6.10 Å². The molecule has 4 N–H and O–H groups in total. The van der Waals surface area contributed by atoms with Crippen molar-refractivity contribution in [3.63, 3.8) is 0 Å². The molecular weight excluding hydrogens is 453 g/mol. The lowest BCUT2D eigenvalue weighted by molar-refractivity contribution is -0.114. The zero-order valence-corrected chi connectivity index (χ0v) is 19.5. The molecule has 0 radical (unpaired) electrons. The molecule has 0 saturated carbocycles. The van der Waals surface area contributed by atoms with Crippen LogP contribution >= 0.6 is 23.2 Å². The molecule has 2 aromatic rings. The average molecular weight is 482 g/mol. The van der Waals surface area contributed by atoms with Gasteiger partial charge in [-0.25, -0.2) is 0 Å². The summed E-state index contributed by atoms with van der Waals surface area (Å²) in [6.07, 6.45) is 1.25. The lowest BCUT2D eigenvalue weighted by Crippen LogP contribution is -2.45. The van der Waals surface area contributed by atoms with Crippen molar-refractivity contribution in [3.8, 4) is 11.5 Å². The van der Waals surface area contributed by atoms with Gasteiger partial charge >= 0.3 is 0 Å². The second-order valence-corrected chi connectivity index (χ2v) is 8.87. The van der Waals surface area contributed by atoms with Gasteiger partial charge in [-0.1, -0.05) is 35.3 Å². The highest BCUT2D eigenvalue weighted by Crippen LogP contribution is 2.35. The zero-order valence-electron chi connectivity index (χ0n) is 18.0. The molecule has 32 heavy (non-hydrogen) atoms. The molecule has 0 spiro atoms. The Hall–Kier alpha value is -2.03. The maximum Gasteiger partial charge on any atom is 0.221 e. The summed E-state index contributed by atoms with van der Waals surface area (Å²) in [5, 5.41) is 27.0. The van der Waals surface area contributed by atoms with Crippen molar-refractivity contribution in [1.82, 2.24) is 10.2 Å². The van der Waals surface area contributed by atoms with E-state index in [9.17, 15) is 15.0 Å². The summed E-state index contributed by atoms with van der Waals surface area (Å²) in [4.78, 5) is 13.8. The number of piperidine rings is 1. The van der Waals surface area contributed by atoms with Gasteiger partial charge in [-0.05, 0) is 49.7 Å². The number of nitrogens with zero attached hydrogens (tertiary/aromatic N) is 1. The fourth-order valence-electron chi connectivity index (χ4n) is 3.64. The minimum absolute atomic E-state index is 0.00999. The highest BCUT2D eigenvalue weighted by Gasteiger charge is 2.20. The number of aliphatic hydroxyl groups is 1. The second kappa shape index (κ2) is 11.7. The smallest absolute Gasteiger partial charge is 0.221 e. The van der Waals surface area contributed by atoms with Crippen LogP contribution in [0.25, 0.3) is 0 Å². The van der Waals surface area contributed by atoms with Gasteiger partial charge < -0.3 is 25.6 Å². The predicted octanol–water partition coefficient (Wildman–Crippen LogP) is 3.65. The van der Waals surface area contributed by atoms with Gasteiger partial charge in [0.05, 0.1) is 10.7 Å². The Kier molecular flexibility index (Phi) is 9.02. The molecule has 1 amide bonds. The average Bonchev–Trinajstić information content (AvgIpc) is 2.76. The van der Waals surface area contributed by atoms with Gasteiger partial charge in [0.2, 0.25) is 5.91 Å². The van der Waals surface area contributed by atoms with E-state index in [1.165, 1.54) is 24.6 Å². The van der Waals surface area contributed by atoms with E-state index >= 15 is 0 Å². The number of carbonyl (C=O) groups is 1. The first kappa shape index (κ1) is 24.6. The number of carbonyl (C=O) groups excluding carboxylic acids is 1. The van der Waals surface area contributed by atoms with Gasteiger partial charge in [-0.3, -0.25) is 9.69 Å². The van der Waals surface area contributed by atoms with Crippen LogP contribution in [-0.4, -0.2) is 59.4 Å². The number of benzene rings is 2. The maximum atomic E-state index is 11.4. The standard InChI is InChI=1S/C23H29Cl2N3O4/c1-15(29)27-21-10-20(25)22(31)11-23(21)32-14-19(30)12-26-18-6-8-28(9-7-18)13-16-2-4-17(24)5-3-16/h2-5,10-11,18-19,26,30-31H,6-9,12-14H2,1H3,(H,27,29)/t19-/m1/s1. The molecule has 0 unspecified atom stereocenters. The normalized spacial score (nSPS) is 16.0. The molecule has 9 heteroatoms. The highest BCUT2D eigenvalue weighted by atomic mass is 35.5. The van der Waals surface area contributed by atoms with Crippen molar-refractivity contribution in [2.24, 2.45) is 0 Å². The number of amides is 1. The van der Waals surface area contributed by atoms with Crippen LogP contribution in [0.15, 0.2) is 36.4 Å². The van der Waals surface area contributed by atoms with Crippen molar-refractivity contribution >= 4 is 34.8 Å². The Labute approximate surface area is 198 Å². The van der Waals surface area contributed by atoms with E-state index in [0.717, 1.165) is 37.5 Å². The summed E-state index contributed by atoms with van der Waals surface area (Å²) >= 11 is 11.9. The molecule has 1 heterocycles. The molecule has 174 valence electrons. The molecule has 0 aliphatic carbocycles. The molecular formula is C23H29Cl2N3O4. The molecule has 0 aromatic heterocycles. The van der Waals surface area contributed by atoms with Gasteiger partial charge in [0.25, 0.3) is 0 Å². The van der Waals surface area contributed by atoms with Gasteiger partial charge in [-0.2, -0.15) is 0 Å². The van der Waals surface area contributed by atoms with E-state index in [4.69, 9.17) is 27.9 Å². The SMILES string of the molecule is CC(=O)Nc1cc(Cl)c(O)cc1OC[C@H](O)CNC1CCN(Cc2ccc(Cl)cc2)CC1. The molecule has 0 bridgehead atoms. The number of nitrogens with one attached hydrogen (secondary N) is 2. The van der Waals surface area contributed by atoms with Gasteiger partial charge in [0.1, 0.15) is 24.2 Å². The number of hydrogen-bond acceptors (Lipinski definition) is 6. The number of aliphatic hydroxyl groups excluding tert-OH is 1. The number of ether oxygens (including phenoxy) is 1. The van der Waals surface area contributed by atoms with E-state index in [-0.39, 0.29) is 29.0 Å². The number of rotatable bonds is 9. The summed E-state index contributed by atoms with van der Waals surface area (Å²) in [7, 11) is 0. The first-order valence-corrected chi connectivity index (χ1v) is 11.4. The third kappa shape index (κ3) is 7.53. The van der Waals surface area contributed by atoms with E-state index in [0.29, 0.717) is 18.3 Å². The summed E-state index contributed by atoms with van der Waals surface area (Å²) < 4.78 is 5.63. The van der Waals surface area contributed by atoms with Crippen LogP contribution in [0.3, 0.4) is 0 Å². The number of anilines is 1. The van der Waals surface area contributed by atoms with E-state index in [1.807, 2.05) is 12.1 Å². The lowest BCUT2D eigenvalue weighted by Gasteiger charge is -2.33. The summed E-state index contributed by atoms with van der Waals surface area (Å²) in [5.41, 5.74) is 1.59. The van der Waals surface area contributed by atoms with Crippen LogP contribution in [0, 0.1) is 0 Å². The molecule has 1 atom stereocenters. The largest absolute Gasteiger partial charge is 0.506 e. The third-order valence-electron chi connectivity index (χ3n) is 5.34. The first-order chi connectivity index (χ1) is 15.3. The molecule has 1 aliphatic heterocycles. The van der Waals surface area contributed by atoms with Crippen molar-refractivity contribution in [1.29, 1.82) is 0 Å². The Bertz CT molecular complexity index is 903. The fourth-order valence-corrected chi connectivity index (χ4v) is 3.93. The fraction of sp³-hybridized carbons (Fsp3) is 0.435. The van der Waals surface area contributed by atoms with Crippen molar-refractivity contribution in [2.75, 3.05) is 31.6 Å². The lowest BCUT2D eigenvalue weighted by atomic mass is 10.0. The molecule has 1 saturated heterocycles. The van der Waals surface area contributed by atoms with Crippen LogP contribution in [0.5, 0.6) is 11.5 Å². The Morgan fingerprint density at radius 1 is 1.22 bits per heavy atom. The first-order valence-electron chi connectivity index (χ1n) is 10.6. The maximum absolute atomic E-state index is 11.4.